The average Bonchev–Trinajstić information content (AvgIpc) is 2.88. The second-order valence-corrected chi connectivity index (χ2v) is 5.09. The minimum atomic E-state index is 0.656. The third-order valence-corrected chi connectivity index (χ3v) is 3.70. The molecule has 0 saturated heterocycles. The zero-order valence-electron chi connectivity index (χ0n) is 12.6. The van der Waals surface area contributed by atoms with Crippen LogP contribution in [-0.4, -0.2) is 16.2 Å². The predicted molar refractivity (Wildman–Crippen MR) is 87.5 cm³/mol. The molecule has 4 nitrogen and oxygen atoms in total. The van der Waals surface area contributed by atoms with E-state index in [1.807, 2.05) is 12.1 Å². The molecule has 0 aliphatic rings. The Kier molecular flexibility index (Phi) is 4.93. The Hall–Kier alpha value is -2.36. The first kappa shape index (κ1) is 15.0. The van der Waals surface area contributed by atoms with Gasteiger partial charge < -0.3 is 16.1 Å². The van der Waals surface area contributed by atoms with Crippen molar-refractivity contribution in [1.82, 2.24) is 9.97 Å². The highest BCUT2D eigenvalue weighted by Gasteiger charge is 2.09. The molecule has 0 unspecified atom stereocenters. The maximum Gasteiger partial charge on any atom is 0.0763 e. The van der Waals surface area contributed by atoms with Gasteiger partial charge in [-0.3, -0.25) is 4.98 Å². The van der Waals surface area contributed by atoms with Gasteiger partial charge in [-0.05, 0) is 49.4 Å². The van der Waals surface area contributed by atoms with Crippen molar-refractivity contribution in [3.63, 3.8) is 0 Å². The summed E-state index contributed by atoms with van der Waals surface area (Å²) in [6.45, 7) is 4.29. The standard InChI is InChI=1S/C17H22N4/c1-3-15-9-12(2)16(21-15)7-6-13-5-4-8-20-17(13)14(10-18)11-19/h4-5,8-11,18,21H,3,6-7,19H2,1-2H3/b14-11+,18-10?. The number of hydrogen-bond acceptors (Lipinski definition) is 3. The summed E-state index contributed by atoms with van der Waals surface area (Å²) in [5.41, 5.74) is 12.0. The Bertz CT molecular complexity index is 653. The molecule has 0 aliphatic heterocycles. The van der Waals surface area contributed by atoms with E-state index >= 15 is 0 Å². The molecule has 0 aliphatic carbocycles. The maximum atomic E-state index is 7.43. The maximum absolute atomic E-state index is 7.43. The zero-order chi connectivity index (χ0) is 15.2. The number of pyridine rings is 1. The second kappa shape index (κ2) is 6.88. The van der Waals surface area contributed by atoms with Crippen molar-refractivity contribution in [3.05, 3.63) is 58.8 Å². The number of aromatic nitrogens is 2. The largest absolute Gasteiger partial charge is 0.404 e. The summed E-state index contributed by atoms with van der Waals surface area (Å²) < 4.78 is 0. The average molecular weight is 282 g/mol. The molecule has 110 valence electrons. The normalized spacial score (nSPS) is 11.6. The lowest BCUT2D eigenvalue weighted by Gasteiger charge is -2.08. The molecule has 4 heteroatoms. The minimum absolute atomic E-state index is 0.656. The smallest absolute Gasteiger partial charge is 0.0763 e. The first-order chi connectivity index (χ1) is 10.2. The van der Waals surface area contributed by atoms with Gasteiger partial charge in [0.2, 0.25) is 0 Å². The number of nitrogens with two attached hydrogens (primary N) is 1. The van der Waals surface area contributed by atoms with Crippen LogP contribution < -0.4 is 5.73 Å². The van der Waals surface area contributed by atoms with Crippen molar-refractivity contribution >= 4 is 11.8 Å². The Morgan fingerprint density at radius 3 is 2.86 bits per heavy atom. The molecule has 0 saturated carbocycles. The van der Waals surface area contributed by atoms with Crippen LogP contribution in [0.1, 0.15) is 35.1 Å². The van der Waals surface area contributed by atoms with Crippen LogP contribution in [0.3, 0.4) is 0 Å². The van der Waals surface area contributed by atoms with E-state index in [0.717, 1.165) is 30.5 Å². The minimum Gasteiger partial charge on any atom is -0.404 e. The number of aromatic amines is 1. The molecule has 21 heavy (non-hydrogen) atoms. The lowest BCUT2D eigenvalue weighted by molar-refractivity contribution is 0.892. The lowest BCUT2D eigenvalue weighted by Crippen LogP contribution is -2.02. The van der Waals surface area contributed by atoms with Crippen molar-refractivity contribution in [2.75, 3.05) is 0 Å². The number of H-pyrrole nitrogens is 1. The van der Waals surface area contributed by atoms with Crippen LogP contribution in [0.2, 0.25) is 0 Å². The molecule has 2 aromatic heterocycles. The number of rotatable bonds is 6. The van der Waals surface area contributed by atoms with Crippen molar-refractivity contribution in [1.29, 1.82) is 5.41 Å². The molecule has 0 spiro atoms. The third kappa shape index (κ3) is 3.40. The number of aryl methyl sites for hydroxylation is 4. The van der Waals surface area contributed by atoms with E-state index in [1.165, 1.54) is 29.4 Å². The van der Waals surface area contributed by atoms with Crippen molar-refractivity contribution < 1.29 is 0 Å². The van der Waals surface area contributed by atoms with Crippen LogP contribution in [-0.2, 0) is 19.3 Å². The van der Waals surface area contributed by atoms with Crippen LogP contribution in [0.4, 0.5) is 0 Å². The molecule has 0 bridgehead atoms. The van der Waals surface area contributed by atoms with Crippen molar-refractivity contribution in [3.8, 4) is 0 Å². The van der Waals surface area contributed by atoms with Crippen LogP contribution >= 0.6 is 0 Å². The van der Waals surface area contributed by atoms with E-state index in [4.69, 9.17) is 11.1 Å². The highest BCUT2D eigenvalue weighted by Crippen LogP contribution is 2.18. The fourth-order valence-corrected chi connectivity index (χ4v) is 2.48. The number of allylic oxidation sites excluding steroid dienone is 1. The highest BCUT2D eigenvalue weighted by atomic mass is 14.7. The van der Waals surface area contributed by atoms with E-state index in [0.29, 0.717) is 5.57 Å². The number of nitrogens with one attached hydrogen (secondary N) is 2. The second-order valence-electron chi connectivity index (χ2n) is 5.09. The van der Waals surface area contributed by atoms with Gasteiger partial charge in [0.05, 0.1) is 5.69 Å². The molecule has 2 rings (SSSR count). The fraction of sp³-hybridized carbons (Fsp3) is 0.294. The van der Waals surface area contributed by atoms with E-state index in [2.05, 4.69) is 29.9 Å². The highest BCUT2D eigenvalue weighted by molar-refractivity contribution is 6.07. The van der Waals surface area contributed by atoms with E-state index < -0.39 is 0 Å². The van der Waals surface area contributed by atoms with E-state index in [9.17, 15) is 0 Å². The molecule has 0 aromatic carbocycles. The summed E-state index contributed by atoms with van der Waals surface area (Å²) in [7, 11) is 0. The van der Waals surface area contributed by atoms with Crippen LogP contribution in [0.15, 0.2) is 30.6 Å². The fourth-order valence-electron chi connectivity index (χ4n) is 2.48. The first-order valence-electron chi connectivity index (χ1n) is 7.23. The van der Waals surface area contributed by atoms with Crippen molar-refractivity contribution in [2.24, 2.45) is 5.73 Å². The van der Waals surface area contributed by atoms with Gasteiger partial charge >= 0.3 is 0 Å². The molecule has 0 atom stereocenters. The molecule has 0 fully saturated rings. The number of hydrogen-bond donors (Lipinski definition) is 3. The topological polar surface area (TPSA) is 78.6 Å². The monoisotopic (exact) mass is 282 g/mol. The Balaban J connectivity index is 2.20. The molecule has 4 N–H and O–H groups in total. The first-order valence-corrected chi connectivity index (χ1v) is 7.23. The summed E-state index contributed by atoms with van der Waals surface area (Å²) in [4.78, 5) is 7.84. The van der Waals surface area contributed by atoms with Crippen LogP contribution in [0.5, 0.6) is 0 Å². The van der Waals surface area contributed by atoms with Gasteiger partial charge in [-0.2, -0.15) is 0 Å². The van der Waals surface area contributed by atoms with Gasteiger partial charge in [0, 0.05) is 35.6 Å². The molecule has 2 heterocycles. The van der Waals surface area contributed by atoms with E-state index in [1.54, 1.807) is 6.20 Å². The molecule has 0 amide bonds. The zero-order valence-corrected chi connectivity index (χ0v) is 12.6. The Morgan fingerprint density at radius 1 is 1.43 bits per heavy atom. The summed E-state index contributed by atoms with van der Waals surface area (Å²) in [5.74, 6) is 0. The Labute approximate surface area is 125 Å². The van der Waals surface area contributed by atoms with Crippen molar-refractivity contribution in [2.45, 2.75) is 33.1 Å². The molecule has 2 aromatic rings. The lowest BCUT2D eigenvalue weighted by atomic mass is 10.0. The van der Waals surface area contributed by atoms with Gasteiger partial charge in [-0.25, -0.2) is 0 Å². The van der Waals surface area contributed by atoms with Gasteiger partial charge in [-0.15, -0.1) is 0 Å². The molecular weight excluding hydrogens is 260 g/mol. The van der Waals surface area contributed by atoms with Gasteiger partial charge in [-0.1, -0.05) is 13.0 Å². The Morgan fingerprint density at radius 2 is 2.24 bits per heavy atom. The summed E-state index contributed by atoms with van der Waals surface area (Å²) in [6.07, 6.45) is 7.25. The third-order valence-electron chi connectivity index (χ3n) is 3.70. The number of nitrogens with zero attached hydrogens (tertiary/aromatic N) is 1. The van der Waals surface area contributed by atoms with Crippen LogP contribution in [0.25, 0.3) is 5.57 Å². The van der Waals surface area contributed by atoms with Gasteiger partial charge in [0.15, 0.2) is 0 Å². The van der Waals surface area contributed by atoms with Gasteiger partial charge in [0.25, 0.3) is 0 Å². The quantitative estimate of drug-likeness (QED) is 0.712. The molecule has 0 radical (unpaired) electrons. The van der Waals surface area contributed by atoms with Crippen LogP contribution in [0, 0.1) is 12.3 Å². The summed E-state index contributed by atoms with van der Waals surface area (Å²) in [6, 6.07) is 6.19. The van der Waals surface area contributed by atoms with Gasteiger partial charge in [0.1, 0.15) is 0 Å². The predicted octanol–water partition coefficient (Wildman–Crippen LogP) is 3.01. The SMILES string of the molecule is CCc1cc(C)c(CCc2cccnc2/C(C=N)=C/N)[nH]1. The van der Waals surface area contributed by atoms with E-state index in [-0.39, 0.29) is 0 Å². The molecular formula is C17H22N4. The summed E-state index contributed by atoms with van der Waals surface area (Å²) >= 11 is 0. The summed E-state index contributed by atoms with van der Waals surface area (Å²) in [5, 5.41) is 7.43.